The van der Waals surface area contributed by atoms with E-state index in [0.29, 0.717) is 30.4 Å². The minimum atomic E-state index is -3.65. The lowest BCUT2D eigenvalue weighted by Gasteiger charge is -2.39. The Bertz CT molecular complexity index is 845. The summed E-state index contributed by atoms with van der Waals surface area (Å²) in [6.45, 7) is 3.25. The topological polar surface area (TPSA) is 69.7 Å². The minimum Gasteiger partial charge on any atom is -0.323 e. The van der Waals surface area contributed by atoms with E-state index in [0.717, 1.165) is 25.9 Å². The Morgan fingerprint density at radius 1 is 1.04 bits per heavy atom. The van der Waals surface area contributed by atoms with Crippen LogP contribution in [0.1, 0.15) is 37.7 Å². The number of hydrogen-bond acceptors (Lipinski definition) is 4. The van der Waals surface area contributed by atoms with Crippen molar-refractivity contribution in [3.63, 3.8) is 0 Å². The first-order chi connectivity index (χ1) is 12.8. The fourth-order valence-electron chi connectivity index (χ4n) is 4.26. The Kier molecular flexibility index (Phi) is 5.18. The molecule has 9 heteroatoms. The third kappa shape index (κ3) is 3.49. The van der Waals surface area contributed by atoms with Gasteiger partial charge in [0.1, 0.15) is 0 Å². The second kappa shape index (κ2) is 7.19. The summed E-state index contributed by atoms with van der Waals surface area (Å²) in [6.07, 6.45) is 5.46. The SMILES string of the molecule is O=C1Nc2ccc(S(=O)(=O)N3CCC(N4CCCCC4)CC3)cc2C1(Cl)Cl. The lowest BCUT2D eigenvalue weighted by molar-refractivity contribution is -0.116. The van der Waals surface area contributed by atoms with Crippen LogP contribution in [0.5, 0.6) is 0 Å². The molecule has 0 aromatic heterocycles. The second-order valence-electron chi connectivity index (χ2n) is 7.47. The van der Waals surface area contributed by atoms with Crippen LogP contribution in [0.15, 0.2) is 23.1 Å². The average Bonchev–Trinajstić information content (AvgIpc) is 2.91. The Balaban J connectivity index is 1.50. The van der Waals surface area contributed by atoms with Crippen molar-refractivity contribution in [2.24, 2.45) is 0 Å². The molecule has 0 saturated carbocycles. The average molecular weight is 432 g/mol. The number of halogens is 2. The first-order valence-electron chi connectivity index (χ1n) is 9.38. The summed E-state index contributed by atoms with van der Waals surface area (Å²) in [6, 6.07) is 4.93. The zero-order valence-corrected chi connectivity index (χ0v) is 17.3. The molecule has 1 aromatic carbocycles. The van der Waals surface area contributed by atoms with Crippen LogP contribution in [-0.4, -0.2) is 55.8 Å². The highest BCUT2D eigenvalue weighted by Crippen LogP contribution is 2.45. The van der Waals surface area contributed by atoms with E-state index in [9.17, 15) is 13.2 Å². The summed E-state index contributed by atoms with van der Waals surface area (Å²) in [5.74, 6) is -0.558. The summed E-state index contributed by atoms with van der Waals surface area (Å²) >= 11 is 12.2. The number of hydrogen-bond donors (Lipinski definition) is 1. The smallest absolute Gasteiger partial charge is 0.265 e. The van der Waals surface area contributed by atoms with Gasteiger partial charge in [0.15, 0.2) is 0 Å². The van der Waals surface area contributed by atoms with Gasteiger partial charge in [0.25, 0.3) is 5.91 Å². The quantitative estimate of drug-likeness (QED) is 0.746. The third-order valence-corrected chi connectivity index (χ3v) is 8.48. The number of rotatable bonds is 3. The number of carbonyl (C=O) groups is 1. The highest BCUT2D eigenvalue weighted by Gasteiger charge is 2.44. The first-order valence-corrected chi connectivity index (χ1v) is 11.6. The molecule has 0 spiro atoms. The predicted octanol–water partition coefficient (Wildman–Crippen LogP) is 2.91. The normalized spacial score (nSPS) is 24.6. The van der Waals surface area contributed by atoms with Crippen LogP contribution >= 0.6 is 23.2 Å². The van der Waals surface area contributed by atoms with Gasteiger partial charge in [-0.3, -0.25) is 4.79 Å². The third-order valence-electron chi connectivity index (χ3n) is 5.83. The van der Waals surface area contributed by atoms with E-state index < -0.39 is 20.3 Å². The summed E-state index contributed by atoms with van der Waals surface area (Å²) in [7, 11) is -3.65. The molecule has 1 amide bonds. The van der Waals surface area contributed by atoms with Crippen LogP contribution in [0.3, 0.4) is 0 Å². The van der Waals surface area contributed by atoms with Crippen LogP contribution in [0.4, 0.5) is 5.69 Å². The number of benzene rings is 1. The van der Waals surface area contributed by atoms with Crippen molar-refractivity contribution in [2.75, 3.05) is 31.5 Å². The number of fused-ring (bicyclic) bond motifs is 1. The molecular formula is C18H23Cl2N3O3S. The van der Waals surface area contributed by atoms with Gasteiger partial charge in [-0.1, -0.05) is 29.6 Å². The molecule has 2 saturated heterocycles. The lowest BCUT2D eigenvalue weighted by atomic mass is 10.0. The molecule has 1 N–H and O–H groups in total. The van der Waals surface area contributed by atoms with Crippen LogP contribution in [-0.2, 0) is 19.2 Å². The molecule has 0 aliphatic carbocycles. The summed E-state index contributed by atoms with van der Waals surface area (Å²) in [5.41, 5.74) is 0.743. The number of amides is 1. The van der Waals surface area contributed by atoms with Crippen molar-refractivity contribution in [1.29, 1.82) is 0 Å². The molecule has 27 heavy (non-hydrogen) atoms. The van der Waals surface area contributed by atoms with E-state index in [-0.39, 0.29) is 4.90 Å². The van der Waals surface area contributed by atoms with Gasteiger partial charge in [-0.15, -0.1) is 0 Å². The number of carbonyl (C=O) groups excluding carboxylic acids is 1. The largest absolute Gasteiger partial charge is 0.323 e. The van der Waals surface area contributed by atoms with Gasteiger partial charge in [0, 0.05) is 30.4 Å². The van der Waals surface area contributed by atoms with E-state index in [2.05, 4.69) is 10.2 Å². The fraction of sp³-hybridized carbons (Fsp3) is 0.611. The zero-order valence-electron chi connectivity index (χ0n) is 15.0. The molecule has 6 nitrogen and oxygen atoms in total. The molecule has 3 aliphatic heterocycles. The van der Waals surface area contributed by atoms with Gasteiger partial charge < -0.3 is 10.2 Å². The highest BCUT2D eigenvalue weighted by molar-refractivity contribution is 7.89. The molecule has 0 bridgehead atoms. The Morgan fingerprint density at radius 3 is 2.37 bits per heavy atom. The maximum absolute atomic E-state index is 13.1. The molecule has 148 valence electrons. The molecular weight excluding hydrogens is 409 g/mol. The molecule has 4 rings (SSSR count). The second-order valence-corrected chi connectivity index (χ2v) is 10.7. The van der Waals surface area contributed by atoms with Crippen LogP contribution < -0.4 is 5.32 Å². The summed E-state index contributed by atoms with van der Waals surface area (Å²) < 4.78 is 25.9. The Labute approximate surface area is 169 Å². The van der Waals surface area contributed by atoms with Crippen LogP contribution in [0, 0.1) is 0 Å². The molecule has 3 heterocycles. The van der Waals surface area contributed by atoms with Crippen molar-refractivity contribution < 1.29 is 13.2 Å². The number of likely N-dealkylation sites (tertiary alicyclic amines) is 1. The van der Waals surface area contributed by atoms with Gasteiger partial charge in [-0.25, -0.2) is 8.42 Å². The van der Waals surface area contributed by atoms with E-state index in [4.69, 9.17) is 23.2 Å². The van der Waals surface area contributed by atoms with E-state index in [1.54, 1.807) is 6.07 Å². The molecule has 1 aromatic rings. The number of piperidine rings is 2. The molecule has 3 aliphatic rings. The predicted molar refractivity (Wildman–Crippen MR) is 106 cm³/mol. The zero-order chi connectivity index (χ0) is 19.2. The van der Waals surface area contributed by atoms with E-state index in [1.807, 2.05) is 0 Å². The van der Waals surface area contributed by atoms with Gasteiger partial charge >= 0.3 is 0 Å². The molecule has 0 atom stereocenters. The van der Waals surface area contributed by atoms with Gasteiger partial charge in [-0.2, -0.15) is 4.31 Å². The Hall–Kier alpha value is -0.860. The highest BCUT2D eigenvalue weighted by atomic mass is 35.5. The number of nitrogens with zero attached hydrogens (tertiary/aromatic N) is 2. The number of nitrogens with one attached hydrogen (secondary N) is 1. The van der Waals surface area contributed by atoms with Crippen LogP contribution in [0.2, 0.25) is 0 Å². The summed E-state index contributed by atoms with van der Waals surface area (Å²) in [4.78, 5) is 14.5. The Morgan fingerprint density at radius 2 is 1.70 bits per heavy atom. The van der Waals surface area contributed by atoms with Crippen molar-refractivity contribution in [1.82, 2.24) is 9.21 Å². The molecule has 0 radical (unpaired) electrons. The van der Waals surface area contributed by atoms with E-state index in [1.165, 1.54) is 35.7 Å². The van der Waals surface area contributed by atoms with Crippen molar-refractivity contribution in [3.05, 3.63) is 23.8 Å². The number of anilines is 1. The van der Waals surface area contributed by atoms with Crippen LogP contribution in [0.25, 0.3) is 0 Å². The number of sulfonamides is 1. The van der Waals surface area contributed by atoms with Gasteiger partial charge in [0.2, 0.25) is 14.4 Å². The van der Waals surface area contributed by atoms with E-state index >= 15 is 0 Å². The van der Waals surface area contributed by atoms with Gasteiger partial charge in [0.05, 0.1) is 4.90 Å². The summed E-state index contributed by atoms with van der Waals surface area (Å²) in [5, 5.41) is 2.57. The standard InChI is InChI=1S/C18H23Cl2N3O3S/c19-18(20)15-12-14(4-5-16(15)21-17(18)24)27(25,26)23-10-6-13(7-11-23)22-8-2-1-3-9-22/h4-5,12-13H,1-3,6-11H2,(H,21,24). The van der Waals surface area contributed by atoms with Crippen molar-refractivity contribution in [2.45, 2.75) is 47.4 Å². The molecule has 0 unspecified atom stereocenters. The maximum atomic E-state index is 13.1. The van der Waals surface area contributed by atoms with Crippen molar-refractivity contribution >= 4 is 44.8 Å². The fourth-order valence-corrected chi connectivity index (χ4v) is 6.16. The first kappa shape index (κ1) is 19.5. The maximum Gasteiger partial charge on any atom is 0.265 e. The minimum absolute atomic E-state index is 0.125. The molecule has 2 fully saturated rings. The monoisotopic (exact) mass is 431 g/mol. The van der Waals surface area contributed by atoms with Crippen molar-refractivity contribution in [3.8, 4) is 0 Å². The lowest BCUT2D eigenvalue weighted by Crippen LogP contribution is -2.48. The van der Waals surface area contributed by atoms with Gasteiger partial charge in [-0.05, 0) is 57.0 Å². The number of alkyl halides is 2.